The lowest BCUT2D eigenvalue weighted by Gasteiger charge is -2.42. The van der Waals surface area contributed by atoms with Crippen LogP contribution in [0.4, 0.5) is 96.6 Å². The minimum Gasteiger partial charge on any atom is -0.286 e. The first-order valence-electron chi connectivity index (χ1n) is 6.86. The lowest BCUT2D eigenvalue weighted by Crippen LogP contribution is -2.76. The van der Waals surface area contributed by atoms with E-state index in [-0.39, 0.29) is 0 Å². The molecule has 23 heteroatoms. The van der Waals surface area contributed by atoms with Gasteiger partial charge in [0.05, 0.1) is 0 Å². The molecule has 0 aliphatic heterocycles. The molecule has 204 valence electrons. The number of hydrogen-bond donors (Lipinski definition) is 0. The number of carbonyl (C=O) groups is 1. The van der Waals surface area contributed by atoms with Crippen LogP contribution >= 0.6 is 0 Å². The van der Waals surface area contributed by atoms with Gasteiger partial charge in [-0.2, -0.15) is 87.8 Å². The Bertz CT molecular complexity index is 681. The third-order valence-electron chi connectivity index (χ3n) is 3.79. The van der Waals surface area contributed by atoms with Crippen molar-refractivity contribution >= 4 is 5.78 Å². The SMILES string of the molecule is O=C(C(F)(F)C(F)(F)C(F)(C(F)(F)F)C(F)(F)F)C(F)(F)C(F)(F)C(F)(C(F)(F)F)C(F)(F)F. The molecule has 0 radical (unpaired) electrons. The van der Waals surface area contributed by atoms with Gasteiger partial charge in [-0.05, 0) is 0 Å². The molecule has 34 heavy (non-hydrogen) atoms. The number of hydrogen-bond acceptors (Lipinski definition) is 1. The van der Waals surface area contributed by atoms with Crippen molar-refractivity contribution in [2.24, 2.45) is 0 Å². The second-order valence-electron chi connectivity index (χ2n) is 5.93. The molecule has 0 saturated carbocycles. The lowest BCUT2D eigenvalue weighted by molar-refractivity contribution is -0.430. The fourth-order valence-corrected chi connectivity index (χ4v) is 1.95. The summed E-state index contributed by atoms with van der Waals surface area (Å²) in [5.41, 5.74) is -17.6. The van der Waals surface area contributed by atoms with E-state index in [0.717, 1.165) is 0 Å². The zero-order chi connectivity index (χ0) is 28.6. The van der Waals surface area contributed by atoms with Gasteiger partial charge in [-0.25, -0.2) is 8.78 Å². The molecule has 0 N–H and O–H groups in total. The molecule has 0 aromatic heterocycles. The fraction of sp³-hybridized carbons (Fsp3) is 0.909. The van der Waals surface area contributed by atoms with Crippen LogP contribution in [0.2, 0.25) is 0 Å². The molecule has 0 aromatic rings. The second kappa shape index (κ2) is 7.56. The van der Waals surface area contributed by atoms with Crippen LogP contribution in [0.5, 0.6) is 0 Å². The van der Waals surface area contributed by atoms with Crippen molar-refractivity contribution in [2.75, 3.05) is 0 Å². The highest BCUT2D eigenvalue weighted by molar-refractivity contribution is 5.94. The van der Waals surface area contributed by atoms with Gasteiger partial charge in [0.1, 0.15) is 0 Å². The smallest absolute Gasteiger partial charge is 0.286 e. The lowest BCUT2D eigenvalue weighted by atomic mass is 9.82. The van der Waals surface area contributed by atoms with Crippen LogP contribution in [-0.2, 0) is 4.79 Å². The highest BCUT2D eigenvalue weighted by Gasteiger charge is 2.96. The van der Waals surface area contributed by atoms with E-state index in [4.69, 9.17) is 0 Å². The first kappa shape index (κ1) is 32.1. The minimum absolute atomic E-state index is 6.26. The Balaban J connectivity index is 7.25. The van der Waals surface area contributed by atoms with Crippen molar-refractivity contribution in [1.82, 2.24) is 0 Å². The van der Waals surface area contributed by atoms with Crippen LogP contribution in [0.3, 0.4) is 0 Å². The molecule has 0 spiro atoms. The molecule has 0 heterocycles. The van der Waals surface area contributed by atoms with Gasteiger partial charge in [-0.1, -0.05) is 0 Å². The topological polar surface area (TPSA) is 17.1 Å². The molecule has 0 bridgehead atoms. The largest absolute Gasteiger partial charge is 0.438 e. The summed E-state index contributed by atoms with van der Waals surface area (Å²) in [6.07, 6.45) is -33.5. The molecule has 0 atom stereocenters. The van der Waals surface area contributed by atoms with E-state index in [2.05, 4.69) is 0 Å². The molecule has 0 amide bonds. The minimum atomic E-state index is -9.00. The van der Waals surface area contributed by atoms with Gasteiger partial charge in [0.15, 0.2) is 0 Å². The molecule has 0 fully saturated rings. The fourth-order valence-electron chi connectivity index (χ4n) is 1.95. The van der Waals surface area contributed by atoms with Crippen LogP contribution in [0.1, 0.15) is 0 Å². The summed E-state index contributed by atoms with van der Waals surface area (Å²) in [5.74, 6) is -41.9. The van der Waals surface area contributed by atoms with Gasteiger partial charge in [-0.3, -0.25) is 4.79 Å². The van der Waals surface area contributed by atoms with Crippen LogP contribution in [-0.4, -0.2) is 65.5 Å². The molecule has 0 aliphatic carbocycles. The van der Waals surface area contributed by atoms with E-state index >= 15 is 0 Å². The summed E-state index contributed by atoms with van der Waals surface area (Å²) in [5, 5.41) is 0. The van der Waals surface area contributed by atoms with E-state index in [1.54, 1.807) is 0 Å². The van der Waals surface area contributed by atoms with E-state index in [1.807, 2.05) is 0 Å². The molecule has 0 unspecified atom stereocenters. The van der Waals surface area contributed by atoms with Crippen LogP contribution in [0, 0.1) is 0 Å². The number of carbonyl (C=O) groups excluding carboxylic acids is 1. The van der Waals surface area contributed by atoms with Crippen molar-refractivity contribution < 1.29 is 101 Å². The number of rotatable bonds is 6. The van der Waals surface area contributed by atoms with Gasteiger partial charge < -0.3 is 0 Å². The molecular formula is C11F22O. The van der Waals surface area contributed by atoms with E-state index in [0.29, 0.717) is 0 Å². The Morgan fingerprint density at radius 2 is 0.471 bits per heavy atom. The Hall–Kier alpha value is -1.87. The number of halogens is 22. The predicted octanol–water partition coefficient (Wildman–Crippen LogP) is 6.76. The van der Waals surface area contributed by atoms with E-state index in [1.165, 1.54) is 0 Å². The van der Waals surface area contributed by atoms with Gasteiger partial charge in [0.2, 0.25) is 0 Å². The highest BCUT2D eigenvalue weighted by atomic mass is 19.4. The molecule has 1 nitrogen and oxygen atoms in total. The van der Waals surface area contributed by atoms with E-state index < -0.39 is 65.5 Å². The molecule has 0 aliphatic rings. The summed E-state index contributed by atoms with van der Waals surface area (Å²) < 4.78 is 279. The summed E-state index contributed by atoms with van der Waals surface area (Å²) in [4.78, 5) is 10.7. The zero-order valence-electron chi connectivity index (χ0n) is 14.2. The average molecular weight is 566 g/mol. The summed E-state index contributed by atoms with van der Waals surface area (Å²) in [6.45, 7) is 0. The third-order valence-corrected chi connectivity index (χ3v) is 3.79. The van der Waals surface area contributed by atoms with Crippen LogP contribution in [0.15, 0.2) is 0 Å². The van der Waals surface area contributed by atoms with Crippen molar-refractivity contribution in [1.29, 1.82) is 0 Å². The van der Waals surface area contributed by atoms with Crippen molar-refractivity contribution in [3.63, 3.8) is 0 Å². The Morgan fingerprint density at radius 3 is 0.588 bits per heavy atom. The monoisotopic (exact) mass is 566 g/mol. The van der Waals surface area contributed by atoms with Gasteiger partial charge in [-0.15, -0.1) is 0 Å². The van der Waals surface area contributed by atoms with E-state index in [9.17, 15) is 101 Å². The van der Waals surface area contributed by atoms with Crippen LogP contribution in [0.25, 0.3) is 0 Å². The van der Waals surface area contributed by atoms with Crippen molar-refractivity contribution in [3.05, 3.63) is 0 Å². The summed E-state index contributed by atoms with van der Waals surface area (Å²) in [6, 6.07) is 0. The number of Topliss-reactive ketones (excluding diaryl/α,β-unsaturated/α-hetero) is 1. The summed E-state index contributed by atoms with van der Waals surface area (Å²) >= 11 is 0. The zero-order valence-corrected chi connectivity index (χ0v) is 14.2. The first-order chi connectivity index (χ1) is 14.2. The average Bonchev–Trinajstić information content (AvgIpc) is 2.54. The molecule has 0 aromatic carbocycles. The van der Waals surface area contributed by atoms with Crippen molar-refractivity contribution in [3.8, 4) is 0 Å². The Morgan fingerprint density at radius 1 is 0.324 bits per heavy atom. The van der Waals surface area contributed by atoms with Gasteiger partial charge >= 0.3 is 59.7 Å². The number of alkyl halides is 22. The maximum atomic E-state index is 13.3. The number of ketones is 1. The van der Waals surface area contributed by atoms with Crippen LogP contribution < -0.4 is 0 Å². The first-order valence-corrected chi connectivity index (χ1v) is 6.86. The van der Waals surface area contributed by atoms with Crippen molar-refractivity contribution in [2.45, 2.75) is 59.7 Å². The standard InChI is InChI=1S/C11F22O/c12-2(13,6(18,19)4(16,8(22,23)24)9(25,26)27)1(34)3(14,15)7(20,21)5(17,10(28,29)30)11(31,32)33. The van der Waals surface area contributed by atoms with Gasteiger partial charge in [0.25, 0.3) is 5.78 Å². The predicted molar refractivity (Wildman–Crippen MR) is 56.7 cm³/mol. The third kappa shape index (κ3) is 3.79. The molecule has 0 saturated heterocycles. The molecular weight excluding hydrogens is 566 g/mol. The maximum absolute atomic E-state index is 13.3. The maximum Gasteiger partial charge on any atom is 0.438 e. The second-order valence-corrected chi connectivity index (χ2v) is 5.93. The summed E-state index contributed by atoms with van der Waals surface area (Å²) in [7, 11) is 0. The normalized spacial score (nSPS) is 16.6. The Kier molecular flexibility index (Phi) is 7.15. The molecule has 0 rings (SSSR count). The quantitative estimate of drug-likeness (QED) is 0.325. The Labute approximate surface area is 168 Å². The van der Waals surface area contributed by atoms with Gasteiger partial charge in [0, 0.05) is 0 Å². The highest BCUT2D eigenvalue weighted by Crippen LogP contribution is 2.63.